The van der Waals surface area contributed by atoms with Crippen molar-refractivity contribution in [2.75, 3.05) is 19.6 Å². The zero-order chi connectivity index (χ0) is 13.2. The van der Waals surface area contributed by atoms with E-state index in [0.717, 1.165) is 6.04 Å². The Morgan fingerprint density at radius 3 is 2.39 bits per heavy atom. The second kappa shape index (κ2) is 5.63. The number of rotatable bonds is 1. The number of nitrogens with zero attached hydrogens (tertiary/aromatic N) is 1. The molecule has 2 rings (SSSR count). The van der Waals surface area contributed by atoms with Gasteiger partial charge in [0.25, 0.3) is 0 Å². The smallest absolute Gasteiger partial charge is 0.0227 e. The highest BCUT2D eigenvalue weighted by Crippen LogP contribution is 2.36. The minimum Gasteiger partial charge on any atom is -0.317 e. The standard InChI is InChI=1S/C16H28N2/c1-5-13-8-11-18(14-6-9-17-10-7-14)15(12-13)16(2,3)4/h1,13-15,17H,6-12H2,2-4H3. The molecular weight excluding hydrogens is 220 g/mol. The van der Waals surface area contributed by atoms with Gasteiger partial charge in [-0.15, -0.1) is 12.3 Å². The number of likely N-dealkylation sites (tertiary alicyclic amines) is 1. The van der Waals surface area contributed by atoms with E-state index in [4.69, 9.17) is 6.42 Å². The SMILES string of the molecule is C#CC1CCN(C2CCNCC2)C(C(C)(C)C)C1. The predicted molar refractivity (Wildman–Crippen MR) is 77.4 cm³/mol. The largest absolute Gasteiger partial charge is 0.317 e. The summed E-state index contributed by atoms with van der Waals surface area (Å²) in [6.07, 6.45) is 10.6. The van der Waals surface area contributed by atoms with Crippen LogP contribution in [0.15, 0.2) is 0 Å². The Kier molecular flexibility index (Phi) is 4.35. The first kappa shape index (κ1) is 13.9. The Morgan fingerprint density at radius 1 is 1.17 bits per heavy atom. The number of hydrogen-bond donors (Lipinski definition) is 1. The van der Waals surface area contributed by atoms with Gasteiger partial charge in [-0.2, -0.15) is 0 Å². The lowest BCUT2D eigenvalue weighted by Crippen LogP contribution is -2.55. The topological polar surface area (TPSA) is 15.3 Å². The molecule has 0 aliphatic carbocycles. The number of hydrogen-bond acceptors (Lipinski definition) is 2. The summed E-state index contributed by atoms with van der Waals surface area (Å²) in [6, 6.07) is 1.42. The first-order chi connectivity index (χ1) is 8.52. The van der Waals surface area contributed by atoms with Crippen molar-refractivity contribution in [3.63, 3.8) is 0 Å². The average Bonchev–Trinajstić information content (AvgIpc) is 2.38. The van der Waals surface area contributed by atoms with Crippen molar-refractivity contribution >= 4 is 0 Å². The molecule has 2 heterocycles. The molecule has 2 aliphatic heterocycles. The van der Waals surface area contributed by atoms with Crippen LogP contribution in [0.4, 0.5) is 0 Å². The lowest BCUT2D eigenvalue weighted by Gasteiger charge is -2.49. The predicted octanol–water partition coefficient (Wildman–Crippen LogP) is 2.50. The Labute approximate surface area is 113 Å². The second-order valence-electron chi connectivity index (χ2n) is 6.99. The Bertz CT molecular complexity index is 304. The van der Waals surface area contributed by atoms with Gasteiger partial charge < -0.3 is 5.32 Å². The van der Waals surface area contributed by atoms with E-state index < -0.39 is 0 Å². The summed E-state index contributed by atoms with van der Waals surface area (Å²) in [5, 5.41) is 3.47. The Morgan fingerprint density at radius 2 is 1.83 bits per heavy atom. The molecule has 0 aromatic heterocycles. The van der Waals surface area contributed by atoms with Gasteiger partial charge in [-0.1, -0.05) is 20.8 Å². The summed E-state index contributed by atoms with van der Waals surface area (Å²) in [5.41, 5.74) is 0.334. The Balaban J connectivity index is 2.09. The molecule has 0 aromatic carbocycles. The molecule has 18 heavy (non-hydrogen) atoms. The van der Waals surface area contributed by atoms with Gasteiger partial charge in [0.1, 0.15) is 0 Å². The third-order valence-electron chi connectivity index (χ3n) is 4.66. The summed E-state index contributed by atoms with van der Waals surface area (Å²) in [4.78, 5) is 2.77. The maximum Gasteiger partial charge on any atom is 0.0227 e. The molecule has 0 radical (unpaired) electrons. The van der Waals surface area contributed by atoms with Crippen molar-refractivity contribution in [1.82, 2.24) is 10.2 Å². The zero-order valence-electron chi connectivity index (χ0n) is 12.2. The van der Waals surface area contributed by atoms with E-state index in [1.807, 2.05) is 0 Å². The third kappa shape index (κ3) is 3.08. The van der Waals surface area contributed by atoms with Crippen molar-refractivity contribution in [3.05, 3.63) is 0 Å². The van der Waals surface area contributed by atoms with Gasteiger partial charge in [0.2, 0.25) is 0 Å². The fourth-order valence-electron chi connectivity index (χ4n) is 3.56. The molecule has 0 spiro atoms. The summed E-state index contributed by atoms with van der Waals surface area (Å²) >= 11 is 0. The molecule has 1 N–H and O–H groups in total. The van der Waals surface area contributed by atoms with Crippen LogP contribution in [0.25, 0.3) is 0 Å². The number of terminal acetylenes is 1. The molecule has 2 nitrogen and oxygen atoms in total. The average molecular weight is 248 g/mol. The third-order valence-corrected chi connectivity index (χ3v) is 4.66. The molecule has 2 aliphatic rings. The molecule has 0 amide bonds. The van der Waals surface area contributed by atoms with Crippen molar-refractivity contribution in [2.24, 2.45) is 11.3 Å². The first-order valence-electron chi connectivity index (χ1n) is 7.45. The van der Waals surface area contributed by atoms with E-state index in [0.29, 0.717) is 17.4 Å². The monoisotopic (exact) mass is 248 g/mol. The van der Waals surface area contributed by atoms with Gasteiger partial charge in [0, 0.05) is 18.0 Å². The highest BCUT2D eigenvalue weighted by atomic mass is 15.2. The lowest BCUT2D eigenvalue weighted by atomic mass is 9.76. The molecule has 0 saturated carbocycles. The van der Waals surface area contributed by atoms with E-state index in [1.165, 1.54) is 45.3 Å². The fraction of sp³-hybridized carbons (Fsp3) is 0.875. The van der Waals surface area contributed by atoms with Crippen LogP contribution in [0.5, 0.6) is 0 Å². The highest BCUT2D eigenvalue weighted by Gasteiger charge is 2.38. The molecule has 2 fully saturated rings. The maximum absolute atomic E-state index is 5.65. The van der Waals surface area contributed by atoms with Gasteiger partial charge in [0.15, 0.2) is 0 Å². The van der Waals surface area contributed by atoms with Crippen molar-refractivity contribution in [3.8, 4) is 12.3 Å². The number of piperidine rings is 2. The van der Waals surface area contributed by atoms with Crippen LogP contribution in [-0.2, 0) is 0 Å². The molecule has 2 heteroatoms. The maximum atomic E-state index is 5.65. The fourth-order valence-corrected chi connectivity index (χ4v) is 3.56. The van der Waals surface area contributed by atoms with Gasteiger partial charge in [-0.3, -0.25) is 4.90 Å². The van der Waals surface area contributed by atoms with Crippen LogP contribution in [-0.4, -0.2) is 36.6 Å². The van der Waals surface area contributed by atoms with Crippen molar-refractivity contribution in [1.29, 1.82) is 0 Å². The van der Waals surface area contributed by atoms with E-state index in [2.05, 4.69) is 36.9 Å². The van der Waals surface area contributed by atoms with Crippen LogP contribution in [0.1, 0.15) is 46.5 Å². The summed E-state index contributed by atoms with van der Waals surface area (Å²) in [7, 11) is 0. The van der Waals surface area contributed by atoms with Crippen molar-refractivity contribution in [2.45, 2.75) is 58.5 Å². The molecular formula is C16H28N2. The van der Waals surface area contributed by atoms with Gasteiger partial charge >= 0.3 is 0 Å². The van der Waals surface area contributed by atoms with E-state index in [-0.39, 0.29) is 0 Å². The Hall–Kier alpha value is -0.520. The lowest BCUT2D eigenvalue weighted by molar-refractivity contribution is 0.00597. The highest BCUT2D eigenvalue weighted by molar-refractivity contribution is 5.02. The zero-order valence-corrected chi connectivity index (χ0v) is 12.2. The van der Waals surface area contributed by atoms with E-state index >= 15 is 0 Å². The molecule has 2 atom stereocenters. The first-order valence-corrected chi connectivity index (χ1v) is 7.45. The van der Waals surface area contributed by atoms with Crippen LogP contribution < -0.4 is 5.32 Å². The molecule has 0 bridgehead atoms. The van der Waals surface area contributed by atoms with Crippen molar-refractivity contribution < 1.29 is 0 Å². The summed E-state index contributed by atoms with van der Waals surface area (Å²) in [6.45, 7) is 10.6. The summed E-state index contributed by atoms with van der Waals surface area (Å²) < 4.78 is 0. The van der Waals surface area contributed by atoms with Crippen LogP contribution >= 0.6 is 0 Å². The van der Waals surface area contributed by atoms with Gasteiger partial charge in [0.05, 0.1) is 0 Å². The molecule has 2 saturated heterocycles. The molecule has 0 aromatic rings. The number of nitrogens with one attached hydrogen (secondary N) is 1. The van der Waals surface area contributed by atoms with E-state index in [1.54, 1.807) is 0 Å². The molecule has 2 unspecified atom stereocenters. The van der Waals surface area contributed by atoms with Crippen LogP contribution in [0.3, 0.4) is 0 Å². The van der Waals surface area contributed by atoms with Crippen LogP contribution in [0, 0.1) is 23.7 Å². The van der Waals surface area contributed by atoms with Crippen LogP contribution in [0.2, 0.25) is 0 Å². The van der Waals surface area contributed by atoms with Gasteiger partial charge in [-0.25, -0.2) is 0 Å². The second-order valence-corrected chi connectivity index (χ2v) is 6.99. The minimum absolute atomic E-state index is 0.334. The van der Waals surface area contributed by atoms with E-state index in [9.17, 15) is 0 Å². The minimum atomic E-state index is 0.334. The normalized spacial score (nSPS) is 32.1. The van der Waals surface area contributed by atoms with Gasteiger partial charge in [-0.05, 0) is 50.7 Å². The summed E-state index contributed by atoms with van der Waals surface area (Å²) in [5.74, 6) is 3.48. The molecule has 102 valence electrons. The quantitative estimate of drug-likeness (QED) is 0.717.